The molecule has 1 saturated carbocycles. The SMILES string of the molecule is Nc1c(C(=O)Nc2nncs2)n[nH]c1C1CC1. The lowest BCUT2D eigenvalue weighted by Crippen LogP contribution is -2.14. The first-order chi connectivity index (χ1) is 8.25. The standard InChI is InChI=1S/C9H10N6OS/c10-5-6(4-1-2-4)13-14-7(5)8(16)12-9-15-11-3-17-9/h3-4H,1-2,10H2,(H,13,14)(H,12,15,16). The molecule has 7 nitrogen and oxygen atoms in total. The van der Waals surface area contributed by atoms with Crippen LogP contribution in [0.4, 0.5) is 10.8 Å². The number of nitrogen functional groups attached to an aromatic ring is 1. The van der Waals surface area contributed by atoms with Crippen molar-refractivity contribution in [2.45, 2.75) is 18.8 Å². The lowest BCUT2D eigenvalue weighted by molar-refractivity contribution is 0.102. The molecular weight excluding hydrogens is 240 g/mol. The Morgan fingerprint density at radius 2 is 2.41 bits per heavy atom. The third-order valence-corrected chi connectivity index (χ3v) is 3.22. The van der Waals surface area contributed by atoms with Crippen LogP contribution >= 0.6 is 11.3 Å². The van der Waals surface area contributed by atoms with Crippen molar-refractivity contribution >= 4 is 28.1 Å². The summed E-state index contributed by atoms with van der Waals surface area (Å²) in [5.74, 6) is 0.0768. The minimum absolute atomic E-state index is 0.224. The average molecular weight is 250 g/mol. The number of aromatic amines is 1. The van der Waals surface area contributed by atoms with Gasteiger partial charge in [-0.25, -0.2) is 0 Å². The second-order valence-electron chi connectivity index (χ2n) is 3.87. The summed E-state index contributed by atoms with van der Waals surface area (Å²) < 4.78 is 0. The molecule has 2 heterocycles. The lowest BCUT2D eigenvalue weighted by atomic mass is 10.2. The number of hydrogen-bond donors (Lipinski definition) is 3. The number of aromatic nitrogens is 4. The second-order valence-corrected chi connectivity index (χ2v) is 4.71. The second kappa shape index (κ2) is 3.81. The molecule has 1 aliphatic rings. The van der Waals surface area contributed by atoms with Gasteiger partial charge in [0.15, 0.2) is 5.69 Å². The van der Waals surface area contributed by atoms with Gasteiger partial charge in [0.05, 0.1) is 11.4 Å². The van der Waals surface area contributed by atoms with E-state index < -0.39 is 0 Å². The highest BCUT2D eigenvalue weighted by Crippen LogP contribution is 2.42. The molecular formula is C9H10N6OS. The fourth-order valence-electron chi connectivity index (χ4n) is 1.60. The van der Waals surface area contributed by atoms with E-state index in [1.165, 1.54) is 11.3 Å². The molecule has 0 unspecified atom stereocenters. The molecule has 4 N–H and O–H groups in total. The minimum atomic E-state index is -0.359. The van der Waals surface area contributed by atoms with Gasteiger partial charge in [0.25, 0.3) is 5.91 Å². The number of rotatable bonds is 3. The number of H-pyrrole nitrogens is 1. The molecule has 0 spiro atoms. The number of hydrogen-bond acceptors (Lipinski definition) is 6. The Morgan fingerprint density at radius 3 is 3.06 bits per heavy atom. The number of carbonyl (C=O) groups excluding carboxylic acids is 1. The molecule has 0 bridgehead atoms. The van der Waals surface area contributed by atoms with Crippen LogP contribution in [-0.4, -0.2) is 26.3 Å². The van der Waals surface area contributed by atoms with Crippen LogP contribution in [0.15, 0.2) is 5.51 Å². The van der Waals surface area contributed by atoms with Crippen molar-refractivity contribution in [3.8, 4) is 0 Å². The van der Waals surface area contributed by atoms with E-state index in [0.717, 1.165) is 18.5 Å². The minimum Gasteiger partial charge on any atom is -0.395 e. The number of nitrogens with zero attached hydrogens (tertiary/aromatic N) is 3. The van der Waals surface area contributed by atoms with Gasteiger partial charge in [0, 0.05) is 5.92 Å². The first-order valence-corrected chi connectivity index (χ1v) is 6.05. The Labute approximate surface area is 100 Å². The maximum absolute atomic E-state index is 11.9. The van der Waals surface area contributed by atoms with Crippen molar-refractivity contribution in [2.75, 3.05) is 11.1 Å². The molecule has 0 atom stereocenters. The Hall–Kier alpha value is -1.96. The largest absolute Gasteiger partial charge is 0.395 e. The third-order valence-electron chi connectivity index (χ3n) is 2.61. The fraction of sp³-hybridized carbons (Fsp3) is 0.333. The maximum atomic E-state index is 11.9. The number of amides is 1. The van der Waals surface area contributed by atoms with E-state index in [9.17, 15) is 4.79 Å². The van der Waals surface area contributed by atoms with Crippen LogP contribution < -0.4 is 11.1 Å². The zero-order valence-corrected chi connectivity index (χ0v) is 9.62. The first-order valence-electron chi connectivity index (χ1n) is 5.17. The van der Waals surface area contributed by atoms with Gasteiger partial charge >= 0.3 is 0 Å². The fourth-order valence-corrected chi connectivity index (χ4v) is 2.04. The van der Waals surface area contributed by atoms with Gasteiger partial charge in [-0.15, -0.1) is 10.2 Å². The highest BCUT2D eigenvalue weighted by atomic mass is 32.1. The van der Waals surface area contributed by atoms with Crippen molar-refractivity contribution in [3.05, 3.63) is 16.9 Å². The van der Waals surface area contributed by atoms with E-state index >= 15 is 0 Å². The topological polar surface area (TPSA) is 110 Å². The maximum Gasteiger partial charge on any atom is 0.280 e. The zero-order valence-electron chi connectivity index (χ0n) is 8.80. The van der Waals surface area contributed by atoms with E-state index in [-0.39, 0.29) is 11.6 Å². The summed E-state index contributed by atoms with van der Waals surface area (Å²) >= 11 is 1.24. The number of carbonyl (C=O) groups is 1. The van der Waals surface area contributed by atoms with Gasteiger partial charge in [-0.05, 0) is 12.8 Å². The highest BCUT2D eigenvalue weighted by Gasteiger charge is 2.30. The predicted octanol–water partition coefficient (Wildman–Crippen LogP) is 0.973. The summed E-state index contributed by atoms with van der Waals surface area (Å²) in [6.45, 7) is 0. The van der Waals surface area contributed by atoms with Gasteiger partial charge in [-0.2, -0.15) is 5.10 Å². The summed E-state index contributed by atoms with van der Waals surface area (Å²) in [4.78, 5) is 11.9. The zero-order chi connectivity index (χ0) is 11.8. The van der Waals surface area contributed by atoms with Gasteiger partial charge in [0.2, 0.25) is 5.13 Å². The Balaban J connectivity index is 1.81. The molecule has 2 aromatic rings. The van der Waals surface area contributed by atoms with Crippen LogP contribution in [0.25, 0.3) is 0 Å². The molecule has 8 heteroatoms. The number of nitrogens with one attached hydrogen (secondary N) is 2. The summed E-state index contributed by atoms with van der Waals surface area (Å²) in [6.07, 6.45) is 2.20. The molecule has 1 fully saturated rings. The Morgan fingerprint density at radius 1 is 1.59 bits per heavy atom. The van der Waals surface area contributed by atoms with E-state index in [1.54, 1.807) is 5.51 Å². The van der Waals surface area contributed by atoms with Gasteiger partial charge in [-0.3, -0.25) is 15.2 Å². The van der Waals surface area contributed by atoms with E-state index in [4.69, 9.17) is 5.73 Å². The Kier molecular flexibility index (Phi) is 2.29. The summed E-state index contributed by atoms with van der Waals surface area (Å²) in [5.41, 5.74) is 8.96. The third kappa shape index (κ3) is 1.86. The number of anilines is 2. The molecule has 0 aliphatic heterocycles. The van der Waals surface area contributed by atoms with Crippen LogP contribution in [-0.2, 0) is 0 Å². The smallest absolute Gasteiger partial charge is 0.280 e. The van der Waals surface area contributed by atoms with Crippen LogP contribution in [0.5, 0.6) is 0 Å². The molecule has 1 aliphatic carbocycles. The Bertz CT molecular complexity index is 544. The molecule has 17 heavy (non-hydrogen) atoms. The van der Waals surface area contributed by atoms with Crippen molar-refractivity contribution in [3.63, 3.8) is 0 Å². The van der Waals surface area contributed by atoms with Crippen molar-refractivity contribution in [1.29, 1.82) is 0 Å². The van der Waals surface area contributed by atoms with Gasteiger partial charge in [0.1, 0.15) is 5.51 Å². The molecule has 88 valence electrons. The van der Waals surface area contributed by atoms with E-state index in [0.29, 0.717) is 16.7 Å². The van der Waals surface area contributed by atoms with Crippen molar-refractivity contribution in [2.24, 2.45) is 0 Å². The van der Waals surface area contributed by atoms with E-state index in [2.05, 4.69) is 25.7 Å². The first kappa shape index (κ1) is 10.2. The van der Waals surface area contributed by atoms with Crippen LogP contribution in [0, 0.1) is 0 Å². The average Bonchev–Trinajstić information content (AvgIpc) is 2.88. The van der Waals surface area contributed by atoms with Crippen molar-refractivity contribution in [1.82, 2.24) is 20.4 Å². The normalized spacial score (nSPS) is 14.8. The molecule has 3 rings (SSSR count). The van der Waals surface area contributed by atoms with E-state index in [1.807, 2.05) is 0 Å². The quantitative estimate of drug-likeness (QED) is 0.752. The summed E-state index contributed by atoms with van der Waals surface area (Å²) in [6, 6.07) is 0. The molecule has 0 aromatic carbocycles. The van der Waals surface area contributed by atoms with Crippen LogP contribution in [0.1, 0.15) is 34.9 Å². The van der Waals surface area contributed by atoms with Crippen molar-refractivity contribution < 1.29 is 4.79 Å². The molecule has 0 saturated heterocycles. The predicted molar refractivity (Wildman–Crippen MR) is 62.8 cm³/mol. The van der Waals surface area contributed by atoms with Crippen LogP contribution in [0.2, 0.25) is 0 Å². The summed E-state index contributed by atoms with van der Waals surface area (Å²) in [7, 11) is 0. The lowest BCUT2D eigenvalue weighted by Gasteiger charge is -1.99. The monoisotopic (exact) mass is 250 g/mol. The van der Waals surface area contributed by atoms with Crippen LogP contribution in [0.3, 0.4) is 0 Å². The summed E-state index contributed by atoms with van der Waals surface area (Å²) in [5, 5.41) is 17.2. The molecule has 1 amide bonds. The van der Waals surface area contributed by atoms with Gasteiger partial charge < -0.3 is 5.73 Å². The molecule has 2 aromatic heterocycles. The number of nitrogens with two attached hydrogens (primary N) is 1. The highest BCUT2D eigenvalue weighted by molar-refractivity contribution is 7.13. The molecule has 0 radical (unpaired) electrons. The van der Waals surface area contributed by atoms with Gasteiger partial charge in [-0.1, -0.05) is 11.3 Å².